The number of fused-ring (bicyclic) bond motifs is 1. The summed E-state index contributed by atoms with van der Waals surface area (Å²) in [6.45, 7) is 4.50. The summed E-state index contributed by atoms with van der Waals surface area (Å²) in [4.78, 5) is 4.30. The van der Waals surface area contributed by atoms with Gasteiger partial charge in [0.1, 0.15) is 6.07 Å². The zero-order chi connectivity index (χ0) is 11.5. The second-order valence-corrected chi connectivity index (χ2v) is 3.40. The van der Waals surface area contributed by atoms with Gasteiger partial charge in [0.2, 0.25) is 0 Å². The molecule has 0 saturated heterocycles. The third-order valence-electron chi connectivity index (χ3n) is 2.48. The Balaban J connectivity index is 2.70. The van der Waals surface area contributed by atoms with Crippen LogP contribution in [0, 0.1) is 11.3 Å². The Morgan fingerprint density at radius 3 is 2.94 bits per heavy atom. The molecule has 0 unspecified atom stereocenters. The van der Waals surface area contributed by atoms with E-state index in [2.05, 4.69) is 18.0 Å². The minimum Gasteiger partial charge on any atom is -0.489 e. The summed E-state index contributed by atoms with van der Waals surface area (Å²) in [6, 6.07) is 3.88. The largest absolute Gasteiger partial charge is 0.489 e. The maximum Gasteiger partial charge on any atom is 0.181 e. The Bertz CT molecular complexity index is 551. The fourth-order valence-electron chi connectivity index (χ4n) is 1.71. The maximum atomic E-state index is 9.00. The number of hydrogen-bond acceptors (Lipinski definition) is 3. The summed E-state index contributed by atoms with van der Waals surface area (Å²) >= 11 is 0. The highest BCUT2D eigenvalue weighted by molar-refractivity contribution is 5.62. The number of nitrogens with zero attached hydrogens (tertiary/aromatic N) is 3. The number of aryl methyl sites for hydroxylation is 1. The molecule has 0 bridgehead atoms. The van der Waals surface area contributed by atoms with Crippen molar-refractivity contribution in [1.82, 2.24) is 9.38 Å². The number of rotatable bonds is 3. The zero-order valence-corrected chi connectivity index (χ0v) is 9.40. The first-order valence-electron chi connectivity index (χ1n) is 5.33. The fraction of sp³-hybridized carbons (Fsp3) is 0.333. The Morgan fingerprint density at radius 2 is 2.31 bits per heavy atom. The normalized spacial score (nSPS) is 10.3. The molecule has 0 N–H and O–H groups in total. The van der Waals surface area contributed by atoms with Crippen LogP contribution in [0.4, 0.5) is 0 Å². The van der Waals surface area contributed by atoms with Crippen LogP contribution < -0.4 is 4.74 Å². The molecule has 2 aromatic rings. The minimum atomic E-state index is 0.530. The van der Waals surface area contributed by atoms with E-state index in [0.717, 1.165) is 17.8 Å². The number of ether oxygens (including phenoxy) is 1. The molecule has 16 heavy (non-hydrogen) atoms. The lowest BCUT2D eigenvalue weighted by Gasteiger charge is -2.07. The van der Waals surface area contributed by atoms with E-state index in [4.69, 9.17) is 10.00 Å². The SMILES string of the molecule is CCOc1c(C#N)ccn2c(CC)cnc12. The van der Waals surface area contributed by atoms with Crippen molar-refractivity contribution >= 4 is 5.65 Å². The lowest BCUT2D eigenvalue weighted by Crippen LogP contribution is -1.99. The molecule has 0 aliphatic carbocycles. The molecule has 0 atom stereocenters. The van der Waals surface area contributed by atoms with E-state index >= 15 is 0 Å². The van der Waals surface area contributed by atoms with Crippen molar-refractivity contribution in [2.75, 3.05) is 6.61 Å². The van der Waals surface area contributed by atoms with Crippen LogP contribution in [0.5, 0.6) is 5.75 Å². The standard InChI is InChI=1S/C12H13N3O/c1-3-10-8-14-12-11(16-4-2)9(7-13)5-6-15(10)12/h5-6,8H,3-4H2,1-2H3. The van der Waals surface area contributed by atoms with Gasteiger partial charge in [-0.25, -0.2) is 4.98 Å². The quantitative estimate of drug-likeness (QED) is 0.788. The molecule has 0 aliphatic rings. The predicted molar refractivity (Wildman–Crippen MR) is 60.5 cm³/mol. The molecule has 0 radical (unpaired) electrons. The summed E-state index contributed by atoms with van der Waals surface area (Å²) in [5.74, 6) is 0.576. The number of pyridine rings is 1. The van der Waals surface area contributed by atoms with Gasteiger partial charge in [0.05, 0.1) is 12.2 Å². The third kappa shape index (κ3) is 1.50. The molecule has 0 fully saturated rings. The molecule has 82 valence electrons. The average molecular weight is 215 g/mol. The van der Waals surface area contributed by atoms with Crippen LogP contribution in [0.15, 0.2) is 18.5 Å². The Hall–Kier alpha value is -2.02. The van der Waals surface area contributed by atoms with Crippen LogP contribution in [0.1, 0.15) is 25.1 Å². The van der Waals surface area contributed by atoms with Gasteiger partial charge in [-0.15, -0.1) is 0 Å². The molecule has 0 aromatic carbocycles. The van der Waals surface area contributed by atoms with E-state index in [0.29, 0.717) is 17.9 Å². The second kappa shape index (κ2) is 4.23. The highest BCUT2D eigenvalue weighted by Gasteiger charge is 2.12. The molecule has 0 spiro atoms. The Kier molecular flexibility index (Phi) is 2.78. The van der Waals surface area contributed by atoms with Crippen LogP contribution in [0.3, 0.4) is 0 Å². The molecule has 0 amide bonds. The Labute approximate surface area is 94.1 Å². The molecular formula is C12H13N3O. The van der Waals surface area contributed by atoms with Crippen molar-refractivity contribution in [3.63, 3.8) is 0 Å². The predicted octanol–water partition coefficient (Wildman–Crippen LogP) is 2.17. The lowest BCUT2D eigenvalue weighted by molar-refractivity contribution is 0.341. The fourth-order valence-corrected chi connectivity index (χ4v) is 1.71. The molecule has 2 heterocycles. The minimum absolute atomic E-state index is 0.530. The highest BCUT2D eigenvalue weighted by atomic mass is 16.5. The molecule has 2 rings (SSSR count). The monoisotopic (exact) mass is 215 g/mol. The first-order valence-corrected chi connectivity index (χ1v) is 5.33. The van der Waals surface area contributed by atoms with Crippen LogP contribution >= 0.6 is 0 Å². The van der Waals surface area contributed by atoms with Gasteiger partial charge in [-0.1, -0.05) is 6.92 Å². The molecule has 4 nitrogen and oxygen atoms in total. The topological polar surface area (TPSA) is 50.3 Å². The van der Waals surface area contributed by atoms with E-state index in [1.165, 1.54) is 0 Å². The molecule has 4 heteroatoms. The third-order valence-corrected chi connectivity index (χ3v) is 2.48. The maximum absolute atomic E-state index is 9.00. The summed E-state index contributed by atoms with van der Waals surface area (Å²) in [7, 11) is 0. The second-order valence-electron chi connectivity index (χ2n) is 3.40. The van der Waals surface area contributed by atoms with Gasteiger partial charge in [-0.3, -0.25) is 0 Å². The first kappa shape index (κ1) is 10.5. The van der Waals surface area contributed by atoms with E-state index in [-0.39, 0.29) is 0 Å². The van der Waals surface area contributed by atoms with Crippen molar-refractivity contribution < 1.29 is 4.74 Å². The zero-order valence-electron chi connectivity index (χ0n) is 9.40. The van der Waals surface area contributed by atoms with Crippen molar-refractivity contribution in [2.24, 2.45) is 0 Å². The number of aromatic nitrogens is 2. The van der Waals surface area contributed by atoms with Gasteiger partial charge in [-0.05, 0) is 19.4 Å². The van der Waals surface area contributed by atoms with Crippen molar-refractivity contribution in [3.05, 3.63) is 29.7 Å². The number of nitriles is 1. The van der Waals surface area contributed by atoms with Gasteiger partial charge < -0.3 is 9.14 Å². The highest BCUT2D eigenvalue weighted by Crippen LogP contribution is 2.24. The van der Waals surface area contributed by atoms with E-state index in [9.17, 15) is 0 Å². The van der Waals surface area contributed by atoms with Crippen LogP contribution in [-0.2, 0) is 6.42 Å². The van der Waals surface area contributed by atoms with Gasteiger partial charge >= 0.3 is 0 Å². The van der Waals surface area contributed by atoms with Gasteiger partial charge in [0, 0.05) is 18.1 Å². The van der Waals surface area contributed by atoms with Crippen LogP contribution in [0.2, 0.25) is 0 Å². The average Bonchev–Trinajstić information content (AvgIpc) is 2.73. The van der Waals surface area contributed by atoms with E-state index < -0.39 is 0 Å². The Morgan fingerprint density at radius 1 is 1.50 bits per heavy atom. The smallest absolute Gasteiger partial charge is 0.181 e. The van der Waals surface area contributed by atoms with Crippen LogP contribution in [-0.4, -0.2) is 16.0 Å². The number of hydrogen-bond donors (Lipinski definition) is 0. The van der Waals surface area contributed by atoms with Crippen molar-refractivity contribution in [1.29, 1.82) is 5.26 Å². The molecule has 2 aromatic heterocycles. The summed E-state index contributed by atoms with van der Waals surface area (Å²) in [5.41, 5.74) is 2.36. The molecule has 0 saturated carbocycles. The van der Waals surface area contributed by atoms with Gasteiger partial charge in [-0.2, -0.15) is 5.26 Å². The van der Waals surface area contributed by atoms with E-state index in [1.807, 2.05) is 23.7 Å². The first-order chi connectivity index (χ1) is 7.81. The summed E-state index contributed by atoms with van der Waals surface area (Å²) in [6.07, 6.45) is 4.58. The van der Waals surface area contributed by atoms with Gasteiger partial charge in [0.15, 0.2) is 11.4 Å². The summed E-state index contributed by atoms with van der Waals surface area (Å²) in [5, 5.41) is 9.00. The van der Waals surface area contributed by atoms with E-state index in [1.54, 1.807) is 6.07 Å². The summed E-state index contributed by atoms with van der Waals surface area (Å²) < 4.78 is 7.46. The van der Waals surface area contributed by atoms with Crippen molar-refractivity contribution in [3.8, 4) is 11.8 Å². The molecular weight excluding hydrogens is 202 g/mol. The van der Waals surface area contributed by atoms with Gasteiger partial charge in [0.25, 0.3) is 0 Å². The number of imidazole rings is 1. The molecule has 0 aliphatic heterocycles. The lowest BCUT2D eigenvalue weighted by atomic mass is 10.2. The van der Waals surface area contributed by atoms with Crippen LogP contribution in [0.25, 0.3) is 5.65 Å². The van der Waals surface area contributed by atoms with Crippen molar-refractivity contribution in [2.45, 2.75) is 20.3 Å².